The second-order valence-corrected chi connectivity index (χ2v) is 6.57. The van der Waals surface area contributed by atoms with Crippen LogP contribution in [0.25, 0.3) is 11.4 Å². The molecule has 0 aromatic carbocycles. The Morgan fingerprint density at radius 3 is 2.57 bits per heavy atom. The number of nitrogens with zero attached hydrogens (tertiary/aromatic N) is 3. The molecular formula is C16H22N4O. The van der Waals surface area contributed by atoms with E-state index in [4.69, 9.17) is 4.52 Å². The van der Waals surface area contributed by atoms with Crippen molar-refractivity contribution >= 4 is 0 Å². The van der Waals surface area contributed by atoms with Gasteiger partial charge in [-0.25, -0.2) is 0 Å². The lowest BCUT2D eigenvalue weighted by molar-refractivity contribution is 0.146. The summed E-state index contributed by atoms with van der Waals surface area (Å²) in [5.74, 6) is 1.32. The Bertz CT molecular complexity index is 627. The van der Waals surface area contributed by atoms with Gasteiger partial charge in [-0.05, 0) is 50.8 Å². The van der Waals surface area contributed by atoms with Crippen molar-refractivity contribution in [3.05, 3.63) is 29.4 Å². The summed E-state index contributed by atoms with van der Waals surface area (Å²) >= 11 is 0. The molecule has 1 aliphatic heterocycles. The number of pyridine rings is 1. The van der Waals surface area contributed by atoms with Gasteiger partial charge in [-0.15, -0.1) is 0 Å². The minimum Gasteiger partial charge on any atom is -0.337 e. The monoisotopic (exact) mass is 286 g/mol. The van der Waals surface area contributed by atoms with Gasteiger partial charge in [-0.3, -0.25) is 4.98 Å². The number of nitrogens with one attached hydrogen (secondary N) is 1. The fourth-order valence-corrected chi connectivity index (χ4v) is 3.07. The molecule has 0 aliphatic carbocycles. The van der Waals surface area contributed by atoms with Gasteiger partial charge in [0.05, 0.1) is 6.04 Å². The van der Waals surface area contributed by atoms with Crippen LogP contribution in [0.3, 0.4) is 0 Å². The summed E-state index contributed by atoms with van der Waals surface area (Å²) in [4.78, 5) is 8.99. The molecule has 1 aliphatic rings. The molecule has 2 aromatic rings. The van der Waals surface area contributed by atoms with Gasteiger partial charge in [0.25, 0.3) is 0 Å². The molecule has 3 rings (SSSR count). The standard InChI is InChI=1S/C16H22N4O/c1-10-8-12(9-11(2)18-10)14-19-15(21-20-14)13-16(3,4)6-5-7-17-13/h8-9,13,17H,5-7H2,1-4H3. The number of hydrogen-bond acceptors (Lipinski definition) is 5. The van der Waals surface area contributed by atoms with Crippen molar-refractivity contribution in [2.24, 2.45) is 5.41 Å². The largest absolute Gasteiger partial charge is 0.337 e. The van der Waals surface area contributed by atoms with Crippen LogP contribution in [0.2, 0.25) is 0 Å². The first-order valence-corrected chi connectivity index (χ1v) is 7.48. The van der Waals surface area contributed by atoms with Crippen molar-refractivity contribution in [3.8, 4) is 11.4 Å². The third-order valence-electron chi connectivity index (χ3n) is 4.16. The molecule has 2 aromatic heterocycles. The number of hydrogen-bond donors (Lipinski definition) is 1. The van der Waals surface area contributed by atoms with E-state index in [-0.39, 0.29) is 11.5 Å². The Morgan fingerprint density at radius 1 is 1.19 bits per heavy atom. The molecule has 1 fully saturated rings. The minimum absolute atomic E-state index is 0.122. The van der Waals surface area contributed by atoms with Gasteiger partial charge >= 0.3 is 0 Å². The summed E-state index contributed by atoms with van der Waals surface area (Å²) < 4.78 is 5.53. The average Bonchev–Trinajstić information content (AvgIpc) is 2.86. The summed E-state index contributed by atoms with van der Waals surface area (Å²) in [6, 6.07) is 4.10. The van der Waals surface area contributed by atoms with E-state index in [1.807, 2.05) is 26.0 Å². The van der Waals surface area contributed by atoms with Crippen molar-refractivity contribution in [2.75, 3.05) is 6.54 Å². The summed E-state index contributed by atoms with van der Waals surface area (Å²) in [6.45, 7) is 9.44. The number of rotatable bonds is 2. The molecule has 1 atom stereocenters. The zero-order valence-electron chi connectivity index (χ0n) is 13.1. The zero-order valence-corrected chi connectivity index (χ0v) is 13.1. The molecule has 21 heavy (non-hydrogen) atoms. The summed E-state index contributed by atoms with van der Waals surface area (Å²) in [7, 11) is 0. The van der Waals surface area contributed by atoms with E-state index in [1.165, 1.54) is 6.42 Å². The van der Waals surface area contributed by atoms with Crippen LogP contribution in [0.5, 0.6) is 0 Å². The van der Waals surface area contributed by atoms with Crippen LogP contribution < -0.4 is 5.32 Å². The number of aryl methyl sites for hydroxylation is 2. The predicted molar refractivity (Wildman–Crippen MR) is 80.8 cm³/mol. The number of piperidine rings is 1. The number of aromatic nitrogens is 3. The fraction of sp³-hybridized carbons (Fsp3) is 0.562. The molecule has 5 heteroatoms. The zero-order chi connectivity index (χ0) is 15.0. The van der Waals surface area contributed by atoms with E-state index in [9.17, 15) is 0 Å². The first-order chi connectivity index (χ1) is 9.95. The normalized spacial score (nSPS) is 21.4. The highest BCUT2D eigenvalue weighted by molar-refractivity contribution is 5.55. The molecule has 0 bridgehead atoms. The summed E-state index contributed by atoms with van der Waals surface area (Å²) in [5, 5.41) is 7.66. The lowest BCUT2D eigenvalue weighted by Gasteiger charge is -2.36. The van der Waals surface area contributed by atoms with E-state index in [2.05, 4.69) is 34.3 Å². The van der Waals surface area contributed by atoms with Gasteiger partial charge in [-0.1, -0.05) is 19.0 Å². The molecule has 0 saturated carbocycles. The maximum Gasteiger partial charge on any atom is 0.244 e. The lowest BCUT2D eigenvalue weighted by atomic mass is 9.77. The highest BCUT2D eigenvalue weighted by atomic mass is 16.5. The highest BCUT2D eigenvalue weighted by Gasteiger charge is 2.37. The van der Waals surface area contributed by atoms with Crippen LogP contribution in [-0.4, -0.2) is 21.7 Å². The van der Waals surface area contributed by atoms with Crippen molar-refractivity contribution in [2.45, 2.75) is 46.6 Å². The summed E-state index contributed by atoms with van der Waals surface area (Å²) in [5.41, 5.74) is 3.02. The maximum absolute atomic E-state index is 5.53. The SMILES string of the molecule is Cc1cc(-c2noc(C3NCCCC3(C)C)n2)cc(C)n1. The Labute approximate surface area is 125 Å². The van der Waals surface area contributed by atoms with Gasteiger partial charge in [-0.2, -0.15) is 4.98 Å². The molecule has 5 nitrogen and oxygen atoms in total. The molecule has 112 valence electrons. The third kappa shape index (κ3) is 2.83. The van der Waals surface area contributed by atoms with E-state index in [0.29, 0.717) is 11.7 Å². The highest BCUT2D eigenvalue weighted by Crippen LogP contribution is 2.39. The maximum atomic E-state index is 5.53. The topological polar surface area (TPSA) is 63.8 Å². The molecule has 1 unspecified atom stereocenters. The summed E-state index contributed by atoms with van der Waals surface area (Å²) in [6.07, 6.45) is 2.35. The quantitative estimate of drug-likeness (QED) is 0.918. The lowest BCUT2D eigenvalue weighted by Crippen LogP contribution is -2.39. The fourth-order valence-electron chi connectivity index (χ4n) is 3.07. The van der Waals surface area contributed by atoms with Crippen molar-refractivity contribution < 1.29 is 4.52 Å². The first kappa shape index (κ1) is 14.2. The van der Waals surface area contributed by atoms with Gasteiger partial charge in [0.1, 0.15) is 0 Å². The molecule has 3 heterocycles. The van der Waals surface area contributed by atoms with Crippen LogP contribution in [0.4, 0.5) is 0 Å². The Kier molecular flexibility index (Phi) is 3.53. The van der Waals surface area contributed by atoms with Crippen LogP contribution >= 0.6 is 0 Å². The molecule has 0 radical (unpaired) electrons. The van der Waals surface area contributed by atoms with Crippen LogP contribution in [0.1, 0.15) is 50.0 Å². The molecule has 1 N–H and O–H groups in total. The van der Waals surface area contributed by atoms with Gasteiger partial charge in [0.2, 0.25) is 11.7 Å². The Hall–Kier alpha value is -1.75. The van der Waals surface area contributed by atoms with Gasteiger partial charge < -0.3 is 9.84 Å². The second kappa shape index (κ2) is 5.22. The van der Waals surface area contributed by atoms with Crippen LogP contribution in [-0.2, 0) is 0 Å². The second-order valence-electron chi connectivity index (χ2n) is 6.57. The van der Waals surface area contributed by atoms with Crippen molar-refractivity contribution in [1.82, 2.24) is 20.4 Å². The van der Waals surface area contributed by atoms with E-state index < -0.39 is 0 Å². The molecule has 0 amide bonds. The van der Waals surface area contributed by atoms with Gasteiger partial charge in [0, 0.05) is 17.0 Å². The third-order valence-corrected chi connectivity index (χ3v) is 4.16. The average molecular weight is 286 g/mol. The van der Waals surface area contributed by atoms with Crippen LogP contribution in [0.15, 0.2) is 16.7 Å². The van der Waals surface area contributed by atoms with Crippen molar-refractivity contribution in [3.63, 3.8) is 0 Å². The predicted octanol–water partition coefficient (Wildman–Crippen LogP) is 3.20. The molecule has 0 spiro atoms. The minimum atomic E-state index is 0.122. The molecular weight excluding hydrogens is 264 g/mol. The Balaban J connectivity index is 1.92. The first-order valence-electron chi connectivity index (χ1n) is 7.48. The van der Waals surface area contributed by atoms with Crippen molar-refractivity contribution in [1.29, 1.82) is 0 Å². The molecule has 1 saturated heterocycles. The van der Waals surface area contributed by atoms with E-state index >= 15 is 0 Å². The smallest absolute Gasteiger partial charge is 0.244 e. The van der Waals surface area contributed by atoms with E-state index in [1.54, 1.807) is 0 Å². The van der Waals surface area contributed by atoms with Gasteiger partial charge in [0.15, 0.2) is 0 Å². The van der Waals surface area contributed by atoms with Crippen LogP contribution in [0, 0.1) is 19.3 Å². The Morgan fingerprint density at radius 2 is 1.90 bits per heavy atom. The van der Waals surface area contributed by atoms with E-state index in [0.717, 1.165) is 29.9 Å².